The molecular formula is C22H19O2P. The third-order valence-electron chi connectivity index (χ3n) is 3.92. The zero-order chi connectivity index (χ0) is 17.7. The van der Waals surface area contributed by atoms with Gasteiger partial charge in [0.1, 0.15) is 5.75 Å². The van der Waals surface area contributed by atoms with Gasteiger partial charge in [0.15, 0.2) is 0 Å². The van der Waals surface area contributed by atoms with E-state index in [0.717, 1.165) is 11.1 Å². The maximum atomic E-state index is 14.2. The van der Waals surface area contributed by atoms with Crippen LogP contribution in [0.1, 0.15) is 11.1 Å². The van der Waals surface area contributed by atoms with E-state index in [4.69, 9.17) is 4.52 Å². The Bertz CT molecular complexity index is 890. The van der Waals surface area contributed by atoms with Crippen molar-refractivity contribution in [2.24, 2.45) is 0 Å². The Hall–Kier alpha value is -2.83. The molecule has 0 aromatic heterocycles. The van der Waals surface area contributed by atoms with Crippen LogP contribution in [0.3, 0.4) is 0 Å². The van der Waals surface area contributed by atoms with Gasteiger partial charge in [-0.15, -0.1) is 0 Å². The summed E-state index contributed by atoms with van der Waals surface area (Å²) >= 11 is 0. The van der Waals surface area contributed by atoms with Gasteiger partial charge in [-0.3, -0.25) is 4.57 Å². The summed E-state index contributed by atoms with van der Waals surface area (Å²) in [5.41, 5.74) is 1.58. The average Bonchev–Trinajstić information content (AvgIpc) is 2.68. The summed E-state index contributed by atoms with van der Waals surface area (Å²) < 4.78 is 20.3. The molecule has 0 aliphatic carbocycles. The summed E-state index contributed by atoms with van der Waals surface area (Å²) in [5.74, 6) is 0.559. The molecule has 0 bridgehead atoms. The molecule has 0 N–H and O–H groups in total. The zero-order valence-corrected chi connectivity index (χ0v) is 14.7. The molecule has 3 heteroatoms. The van der Waals surface area contributed by atoms with Crippen LogP contribution >= 0.6 is 7.37 Å². The van der Waals surface area contributed by atoms with Crippen LogP contribution in [0.2, 0.25) is 0 Å². The van der Waals surface area contributed by atoms with Crippen LogP contribution in [-0.2, 0) is 4.57 Å². The van der Waals surface area contributed by atoms with E-state index in [-0.39, 0.29) is 0 Å². The molecule has 0 aliphatic rings. The van der Waals surface area contributed by atoms with Crippen molar-refractivity contribution in [2.75, 3.05) is 0 Å². The molecule has 3 rings (SSSR count). The fourth-order valence-electron chi connectivity index (χ4n) is 2.71. The molecule has 25 heavy (non-hydrogen) atoms. The van der Waals surface area contributed by atoms with E-state index < -0.39 is 7.37 Å². The van der Waals surface area contributed by atoms with Gasteiger partial charge in [-0.1, -0.05) is 79.9 Å². The van der Waals surface area contributed by atoms with E-state index in [1.54, 1.807) is 24.3 Å². The topological polar surface area (TPSA) is 26.3 Å². The largest absolute Gasteiger partial charge is 0.437 e. The van der Waals surface area contributed by atoms with Gasteiger partial charge in [0.25, 0.3) is 0 Å². The van der Waals surface area contributed by atoms with Gasteiger partial charge < -0.3 is 4.52 Å². The van der Waals surface area contributed by atoms with Gasteiger partial charge in [-0.05, 0) is 35.4 Å². The summed E-state index contributed by atoms with van der Waals surface area (Å²) in [5, 5.41) is 1.26. The molecule has 0 fully saturated rings. The summed E-state index contributed by atoms with van der Waals surface area (Å²) in [4.78, 5) is 0. The first-order valence-corrected chi connectivity index (χ1v) is 9.60. The van der Waals surface area contributed by atoms with E-state index in [1.165, 1.54) is 0 Å². The second-order valence-corrected chi connectivity index (χ2v) is 7.73. The highest BCUT2D eigenvalue weighted by molar-refractivity contribution is 7.75. The molecule has 0 amide bonds. The predicted octanol–water partition coefficient (Wildman–Crippen LogP) is 5.28. The number of benzene rings is 3. The van der Waals surface area contributed by atoms with Crippen molar-refractivity contribution in [1.29, 1.82) is 0 Å². The lowest BCUT2D eigenvalue weighted by Gasteiger charge is -2.23. The highest BCUT2D eigenvalue weighted by Crippen LogP contribution is 2.47. The van der Waals surface area contributed by atoms with Crippen LogP contribution in [0.15, 0.2) is 92.0 Å². The minimum atomic E-state index is -3.40. The van der Waals surface area contributed by atoms with Crippen molar-refractivity contribution < 1.29 is 9.09 Å². The molecule has 0 saturated carbocycles. The lowest BCUT2D eigenvalue weighted by molar-refractivity contribution is 0.502. The van der Waals surface area contributed by atoms with Crippen molar-refractivity contribution in [1.82, 2.24) is 0 Å². The maximum Gasteiger partial charge on any atom is 0.307 e. The molecule has 3 aromatic rings. The Morgan fingerprint density at radius 1 is 0.680 bits per heavy atom. The molecule has 0 heterocycles. The van der Waals surface area contributed by atoms with Crippen molar-refractivity contribution in [3.63, 3.8) is 0 Å². The van der Waals surface area contributed by atoms with E-state index in [9.17, 15) is 4.57 Å². The van der Waals surface area contributed by atoms with E-state index in [2.05, 4.69) is 13.2 Å². The molecule has 0 atom stereocenters. The minimum absolute atomic E-state index is 0.559. The zero-order valence-electron chi connectivity index (χ0n) is 13.8. The second-order valence-electron chi connectivity index (χ2n) is 5.48. The van der Waals surface area contributed by atoms with Crippen LogP contribution in [0.4, 0.5) is 0 Å². The van der Waals surface area contributed by atoms with Crippen molar-refractivity contribution in [3.8, 4) is 5.75 Å². The van der Waals surface area contributed by atoms with Gasteiger partial charge in [0.05, 0.1) is 10.6 Å². The highest BCUT2D eigenvalue weighted by atomic mass is 31.2. The molecule has 0 aliphatic heterocycles. The van der Waals surface area contributed by atoms with Gasteiger partial charge >= 0.3 is 7.37 Å². The van der Waals surface area contributed by atoms with Crippen molar-refractivity contribution in [3.05, 3.63) is 103 Å². The second kappa shape index (κ2) is 7.38. The van der Waals surface area contributed by atoms with E-state index in [1.807, 2.05) is 66.7 Å². The first-order valence-electron chi connectivity index (χ1n) is 7.98. The number of para-hydroxylation sites is 1. The standard InChI is InChI=1S/C22H19O2P/c1-3-18-12-8-10-16-21(18)25(23,24-20-14-6-5-7-15-20)22-17-11-9-13-19(22)4-2/h3-17H,1-2H2. The smallest absolute Gasteiger partial charge is 0.307 e. The Labute approximate surface area is 148 Å². The average molecular weight is 346 g/mol. The third kappa shape index (κ3) is 3.35. The first kappa shape index (κ1) is 17.0. The monoisotopic (exact) mass is 346 g/mol. The van der Waals surface area contributed by atoms with E-state index >= 15 is 0 Å². The fourth-order valence-corrected chi connectivity index (χ4v) is 5.17. The lowest BCUT2D eigenvalue weighted by atomic mass is 10.2. The quantitative estimate of drug-likeness (QED) is 0.568. The predicted molar refractivity (Wildman–Crippen MR) is 107 cm³/mol. The molecule has 0 spiro atoms. The van der Waals surface area contributed by atoms with Gasteiger partial charge in [0.2, 0.25) is 0 Å². The lowest BCUT2D eigenvalue weighted by Crippen LogP contribution is -2.24. The molecule has 124 valence electrons. The molecule has 3 aromatic carbocycles. The summed E-state index contributed by atoms with van der Waals surface area (Å²) in [6.45, 7) is 7.70. The molecule has 0 unspecified atom stereocenters. The van der Waals surface area contributed by atoms with Crippen LogP contribution in [0.25, 0.3) is 12.2 Å². The van der Waals surface area contributed by atoms with Crippen LogP contribution in [-0.4, -0.2) is 0 Å². The normalized spacial score (nSPS) is 10.9. The summed E-state index contributed by atoms with van der Waals surface area (Å²) in [6, 6.07) is 24.2. The van der Waals surface area contributed by atoms with Crippen LogP contribution < -0.4 is 15.1 Å². The van der Waals surface area contributed by atoms with Crippen molar-refractivity contribution in [2.45, 2.75) is 0 Å². The summed E-state index contributed by atoms with van der Waals surface area (Å²) in [6.07, 6.45) is 3.40. The third-order valence-corrected chi connectivity index (χ3v) is 6.48. The Morgan fingerprint density at radius 2 is 1.12 bits per heavy atom. The summed E-state index contributed by atoms with van der Waals surface area (Å²) in [7, 11) is -3.40. The minimum Gasteiger partial charge on any atom is -0.437 e. The molecule has 0 radical (unpaired) electrons. The SMILES string of the molecule is C=Cc1ccccc1P(=O)(Oc1ccccc1)c1ccccc1C=C. The maximum absolute atomic E-state index is 14.2. The highest BCUT2D eigenvalue weighted by Gasteiger charge is 2.33. The Kier molecular flexibility index (Phi) is 5.02. The van der Waals surface area contributed by atoms with Gasteiger partial charge in [-0.2, -0.15) is 0 Å². The molecule has 0 saturated heterocycles. The van der Waals surface area contributed by atoms with Crippen molar-refractivity contribution >= 4 is 30.1 Å². The number of rotatable bonds is 6. The Balaban J connectivity index is 2.26. The van der Waals surface area contributed by atoms with Crippen LogP contribution in [0, 0.1) is 0 Å². The van der Waals surface area contributed by atoms with Gasteiger partial charge in [-0.25, -0.2) is 0 Å². The molecular weight excluding hydrogens is 327 g/mol. The fraction of sp³-hybridized carbons (Fsp3) is 0. The first-order chi connectivity index (χ1) is 12.2. The van der Waals surface area contributed by atoms with Crippen LogP contribution in [0.5, 0.6) is 5.75 Å². The number of hydrogen-bond donors (Lipinski definition) is 0. The molecule has 2 nitrogen and oxygen atoms in total. The van der Waals surface area contributed by atoms with E-state index in [0.29, 0.717) is 16.4 Å². The Morgan fingerprint density at radius 3 is 1.60 bits per heavy atom. The van der Waals surface area contributed by atoms with Gasteiger partial charge in [0, 0.05) is 0 Å². The number of hydrogen-bond acceptors (Lipinski definition) is 2.